The molecule has 10 heteroatoms. The predicted molar refractivity (Wildman–Crippen MR) is 109 cm³/mol. The van der Waals surface area contributed by atoms with Crippen molar-refractivity contribution >= 4 is 15.9 Å². The molecule has 0 aliphatic rings. The summed E-state index contributed by atoms with van der Waals surface area (Å²) >= 11 is 0. The van der Waals surface area contributed by atoms with Crippen molar-refractivity contribution in [2.75, 3.05) is 6.54 Å². The first kappa shape index (κ1) is 22.3. The average Bonchev–Trinajstić information content (AvgIpc) is 2.74. The molecule has 0 radical (unpaired) electrons. The number of ether oxygens (including phenoxy) is 1. The molecule has 1 heterocycles. The third-order valence-electron chi connectivity index (χ3n) is 4.09. The maximum atomic E-state index is 13.0. The molecule has 3 rings (SSSR count). The van der Waals surface area contributed by atoms with Crippen molar-refractivity contribution in [1.82, 2.24) is 15.0 Å². The minimum Gasteiger partial charge on any atom is -0.439 e. The summed E-state index contributed by atoms with van der Waals surface area (Å²) in [6.07, 6.45) is 1.43. The SMILES string of the molecule is O=C(CCNS(=O)(=O)c1ccc(F)cc1)NCc1ccnc(Oc2ccc(F)cc2)c1. The predicted octanol–water partition coefficient (Wildman–Crippen LogP) is 3.14. The number of nitrogens with zero attached hydrogens (tertiary/aromatic N) is 1. The molecule has 2 N–H and O–H groups in total. The fraction of sp³-hybridized carbons (Fsp3) is 0.143. The van der Waals surface area contributed by atoms with Gasteiger partial charge in [-0.15, -0.1) is 0 Å². The van der Waals surface area contributed by atoms with Gasteiger partial charge in [0.25, 0.3) is 0 Å². The lowest BCUT2D eigenvalue weighted by Crippen LogP contribution is -2.30. The van der Waals surface area contributed by atoms with Gasteiger partial charge in [-0.3, -0.25) is 4.79 Å². The topological polar surface area (TPSA) is 97.4 Å². The van der Waals surface area contributed by atoms with Crippen LogP contribution in [0.2, 0.25) is 0 Å². The highest BCUT2D eigenvalue weighted by Gasteiger charge is 2.14. The van der Waals surface area contributed by atoms with Crippen LogP contribution in [0.15, 0.2) is 71.8 Å². The fourth-order valence-corrected chi connectivity index (χ4v) is 3.56. The normalized spacial score (nSPS) is 11.2. The van der Waals surface area contributed by atoms with Crippen LogP contribution in [-0.2, 0) is 21.4 Å². The van der Waals surface area contributed by atoms with E-state index in [1.54, 1.807) is 12.1 Å². The van der Waals surface area contributed by atoms with E-state index in [0.717, 1.165) is 24.3 Å². The molecule has 0 saturated heterocycles. The maximum Gasteiger partial charge on any atom is 0.240 e. The van der Waals surface area contributed by atoms with Crippen molar-refractivity contribution in [3.05, 3.63) is 84.1 Å². The van der Waals surface area contributed by atoms with Crippen LogP contribution >= 0.6 is 0 Å². The van der Waals surface area contributed by atoms with E-state index >= 15 is 0 Å². The Morgan fingerprint density at radius 3 is 2.29 bits per heavy atom. The molecule has 0 fully saturated rings. The van der Waals surface area contributed by atoms with Gasteiger partial charge in [-0.25, -0.2) is 26.9 Å². The highest BCUT2D eigenvalue weighted by molar-refractivity contribution is 7.89. The zero-order chi connectivity index (χ0) is 22.3. The Balaban J connectivity index is 1.46. The first-order valence-corrected chi connectivity index (χ1v) is 10.7. The molecule has 0 atom stereocenters. The van der Waals surface area contributed by atoms with Gasteiger partial charge < -0.3 is 10.1 Å². The van der Waals surface area contributed by atoms with Gasteiger partial charge in [-0.05, 0) is 60.2 Å². The van der Waals surface area contributed by atoms with Crippen LogP contribution in [0.1, 0.15) is 12.0 Å². The van der Waals surface area contributed by atoms with E-state index in [0.29, 0.717) is 11.3 Å². The Bertz CT molecular complexity index is 1140. The van der Waals surface area contributed by atoms with Gasteiger partial charge in [0, 0.05) is 31.8 Å². The average molecular weight is 447 g/mol. The summed E-state index contributed by atoms with van der Waals surface area (Å²) in [6, 6.07) is 13.2. The molecule has 1 aromatic heterocycles. The monoisotopic (exact) mass is 447 g/mol. The summed E-state index contributed by atoms with van der Waals surface area (Å²) in [5.74, 6) is -0.578. The molecule has 31 heavy (non-hydrogen) atoms. The summed E-state index contributed by atoms with van der Waals surface area (Å²) in [6.45, 7) is 0.0761. The molecule has 0 spiro atoms. The number of carbonyl (C=O) groups excluding carboxylic acids is 1. The standard InChI is InChI=1S/C21H19F2N3O4S/c22-16-1-5-18(6-2-16)30-21-13-15(9-11-24-21)14-25-20(27)10-12-26-31(28,29)19-7-3-17(23)4-8-19/h1-9,11,13,26H,10,12,14H2,(H,25,27). The summed E-state index contributed by atoms with van der Waals surface area (Å²) < 4.78 is 57.9. The summed E-state index contributed by atoms with van der Waals surface area (Å²) in [5.41, 5.74) is 0.715. The first-order chi connectivity index (χ1) is 14.8. The molecular weight excluding hydrogens is 428 g/mol. The Kier molecular flexibility index (Phi) is 7.27. The number of nitrogens with one attached hydrogen (secondary N) is 2. The number of halogens is 2. The zero-order valence-electron chi connectivity index (χ0n) is 16.2. The van der Waals surface area contributed by atoms with E-state index in [4.69, 9.17) is 4.74 Å². The van der Waals surface area contributed by atoms with Gasteiger partial charge in [-0.2, -0.15) is 0 Å². The van der Waals surface area contributed by atoms with E-state index in [1.807, 2.05) is 0 Å². The smallest absolute Gasteiger partial charge is 0.240 e. The summed E-state index contributed by atoms with van der Waals surface area (Å²) in [5, 5.41) is 2.67. The highest BCUT2D eigenvalue weighted by Crippen LogP contribution is 2.20. The third kappa shape index (κ3) is 6.83. The van der Waals surface area contributed by atoms with E-state index in [-0.39, 0.29) is 42.0 Å². The van der Waals surface area contributed by atoms with E-state index in [2.05, 4.69) is 15.0 Å². The van der Waals surface area contributed by atoms with Crippen LogP contribution in [0.25, 0.3) is 0 Å². The van der Waals surface area contributed by atoms with Crippen molar-refractivity contribution < 1.29 is 26.7 Å². The van der Waals surface area contributed by atoms with Crippen molar-refractivity contribution in [3.63, 3.8) is 0 Å². The van der Waals surface area contributed by atoms with Gasteiger partial charge in [-0.1, -0.05) is 0 Å². The molecule has 0 aliphatic carbocycles. The molecule has 3 aromatic rings. The number of pyridine rings is 1. The largest absolute Gasteiger partial charge is 0.439 e. The third-order valence-corrected chi connectivity index (χ3v) is 5.57. The second-order valence-electron chi connectivity index (χ2n) is 6.44. The second kappa shape index (κ2) is 10.1. The number of carbonyl (C=O) groups is 1. The molecule has 2 aromatic carbocycles. The van der Waals surface area contributed by atoms with Gasteiger partial charge in [0.05, 0.1) is 4.90 Å². The van der Waals surface area contributed by atoms with E-state index in [1.165, 1.54) is 30.5 Å². The van der Waals surface area contributed by atoms with Crippen LogP contribution in [0.4, 0.5) is 8.78 Å². The number of benzene rings is 2. The lowest BCUT2D eigenvalue weighted by molar-refractivity contribution is -0.121. The zero-order valence-corrected chi connectivity index (χ0v) is 17.0. The van der Waals surface area contributed by atoms with Crippen LogP contribution in [0.3, 0.4) is 0 Å². The lowest BCUT2D eigenvalue weighted by atomic mass is 10.2. The number of rotatable bonds is 9. The number of hydrogen-bond donors (Lipinski definition) is 2. The Labute approximate surface area is 178 Å². The number of sulfonamides is 1. The maximum absolute atomic E-state index is 13.0. The first-order valence-electron chi connectivity index (χ1n) is 9.22. The van der Waals surface area contributed by atoms with Crippen LogP contribution in [-0.4, -0.2) is 25.9 Å². The van der Waals surface area contributed by atoms with E-state index in [9.17, 15) is 22.0 Å². The second-order valence-corrected chi connectivity index (χ2v) is 8.20. The number of hydrogen-bond acceptors (Lipinski definition) is 5. The minimum absolute atomic E-state index is 0.0789. The Hall–Kier alpha value is -3.37. The fourth-order valence-electron chi connectivity index (χ4n) is 2.52. The van der Waals surface area contributed by atoms with Gasteiger partial charge in [0.2, 0.25) is 21.8 Å². The van der Waals surface area contributed by atoms with Crippen molar-refractivity contribution in [3.8, 4) is 11.6 Å². The summed E-state index contributed by atoms with van der Waals surface area (Å²) in [7, 11) is -3.82. The molecule has 7 nitrogen and oxygen atoms in total. The van der Waals surface area contributed by atoms with Gasteiger partial charge >= 0.3 is 0 Å². The molecule has 0 unspecified atom stereocenters. The summed E-state index contributed by atoms with van der Waals surface area (Å²) in [4.78, 5) is 16.0. The minimum atomic E-state index is -3.82. The Morgan fingerprint density at radius 1 is 0.968 bits per heavy atom. The Morgan fingerprint density at radius 2 is 1.61 bits per heavy atom. The number of aromatic nitrogens is 1. The molecule has 1 amide bonds. The quantitative estimate of drug-likeness (QED) is 0.525. The van der Waals surface area contributed by atoms with Gasteiger partial charge in [0.1, 0.15) is 17.4 Å². The van der Waals surface area contributed by atoms with E-state index < -0.39 is 15.8 Å². The molecular formula is C21H19F2N3O4S. The molecule has 162 valence electrons. The van der Waals surface area contributed by atoms with Crippen molar-refractivity contribution in [2.24, 2.45) is 0 Å². The highest BCUT2D eigenvalue weighted by atomic mass is 32.2. The van der Waals surface area contributed by atoms with Crippen LogP contribution in [0.5, 0.6) is 11.6 Å². The van der Waals surface area contributed by atoms with Crippen LogP contribution < -0.4 is 14.8 Å². The lowest BCUT2D eigenvalue weighted by Gasteiger charge is -2.09. The number of amides is 1. The molecule has 0 saturated carbocycles. The molecule has 0 aliphatic heterocycles. The van der Waals surface area contributed by atoms with Crippen molar-refractivity contribution in [1.29, 1.82) is 0 Å². The van der Waals surface area contributed by atoms with Crippen molar-refractivity contribution in [2.45, 2.75) is 17.9 Å². The van der Waals surface area contributed by atoms with Crippen LogP contribution in [0, 0.1) is 11.6 Å². The van der Waals surface area contributed by atoms with Gasteiger partial charge in [0.15, 0.2) is 0 Å². The molecule has 0 bridgehead atoms.